The van der Waals surface area contributed by atoms with E-state index in [1.54, 1.807) is 6.07 Å². The maximum Gasteiger partial charge on any atom is 0.258 e. The molecule has 0 radical (unpaired) electrons. The summed E-state index contributed by atoms with van der Waals surface area (Å²) in [5, 5.41) is 14.0. The number of aromatic amines is 1. The first-order valence-electron chi connectivity index (χ1n) is 6.21. The lowest BCUT2D eigenvalue weighted by atomic mass is 10.2. The maximum atomic E-state index is 11.9. The van der Waals surface area contributed by atoms with Gasteiger partial charge in [0, 0.05) is 12.5 Å². The molecule has 2 N–H and O–H groups in total. The molecule has 3 aromatic rings. The number of H-pyrrole nitrogens is 1. The van der Waals surface area contributed by atoms with Gasteiger partial charge in [-0.05, 0) is 12.1 Å². The van der Waals surface area contributed by atoms with Crippen molar-refractivity contribution in [3.63, 3.8) is 0 Å². The van der Waals surface area contributed by atoms with Gasteiger partial charge in [-0.15, -0.1) is 0 Å². The van der Waals surface area contributed by atoms with Crippen LogP contribution in [0.5, 0.6) is 11.6 Å². The standard InChI is InChI=1S/C14H13N3O3/c18-13-11(7-9-20-10-4-2-1-3-5-10)14(19)17-12(16-13)6-8-15-17/h1-6,8,19H,7,9H2,(H,16,18). The molecule has 0 aliphatic heterocycles. The van der Waals surface area contributed by atoms with Gasteiger partial charge >= 0.3 is 0 Å². The molecule has 6 heteroatoms. The normalized spacial score (nSPS) is 10.8. The third kappa shape index (κ3) is 2.23. The summed E-state index contributed by atoms with van der Waals surface area (Å²) >= 11 is 0. The largest absolute Gasteiger partial charge is 0.493 e. The highest BCUT2D eigenvalue weighted by atomic mass is 16.5. The van der Waals surface area contributed by atoms with E-state index in [0.717, 1.165) is 5.75 Å². The summed E-state index contributed by atoms with van der Waals surface area (Å²) in [7, 11) is 0. The number of ether oxygens (including phenoxy) is 1. The summed E-state index contributed by atoms with van der Waals surface area (Å²) in [4.78, 5) is 14.5. The molecule has 0 amide bonds. The van der Waals surface area contributed by atoms with Gasteiger partial charge in [-0.2, -0.15) is 9.61 Å². The fourth-order valence-electron chi connectivity index (χ4n) is 2.00. The number of rotatable bonds is 4. The maximum absolute atomic E-state index is 11.9. The lowest BCUT2D eigenvalue weighted by Gasteiger charge is -2.07. The second-order valence-corrected chi connectivity index (χ2v) is 4.30. The molecular formula is C14H13N3O3. The second kappa shape index (κ2) is 5.08. The Bertz CT molecular complexity index is 777. The van der Waals surface area contributed by atoms with Crippen molar-refractivity contribution < 1.29 is 9.84 Å². The first kappa shape index (κ1) is 12.3. The highest BCUT2D eigenvalue weighted by Gasteiger charge is 2.12. The van der Waals surface area contributed by atoms with E-state index in [-0.39, 0.29) is 17.0 Å². The molecule has 3 rings (SSSR count). The van der Waals surface area contributed by atoms with Crippen LogP contribution >= 0.6 is 0 Å². The zero-order chi connectivity index (χ0) is 13.9. The lowest BCUT2D eigenvalue weighted by Crippen LogP contribution is -2.18. The fraction of sp³-hybridized carbons (Fsp3) is 0.143. The zero-order valence-electron chi connectivity index (χ0n) is 10.6. The summed E-state index contributed by atoms with van der Waals surface area (Å²) in [5.74, 6) is 0.578. The summed E-state index contributed by atoms with van der Waals surface area (Å²) in [6.45, 7) is 0.299. The summed E-state index contributed by atoms with van der Waals surface area (Å²) < 4.78 is 6.81. The highest BCUT2D eigenvalue weighted by molar-refractivity contribution is 5.41. The predicted octanol–water partition coefficient (Wildman–Crippen LogP) is 1.35. The number of aromatic nitrogens is 3. The van der Waals surface area contributed by atoms with Crippen LogP contribution in [0.15, 0.2) is 47.4 Å². The van der Waals surface area contributed by atoms with E-state index < -0.39 is 0 Å². The molecule has 20 heavy (non-hydrogen) atoms. The Balaban J connectivity index is 1.79. The van der Waals surface area contributed by atoms with Gasteiger partial charge in [0.05, 0.1) is 18.4 Å². The number of hydrogen-bond donors (Lipinski definition) is 2. The molecule has 6 nitrogen and oxygen atoms in total. The van der Waals surface area contributed by atoms with Crippen LogP contribution < -0.4 is 10.3 Å². The Morgan fingerprint density at radius 1 is 1.25 bits per heavy atom. The topological polar surface area (TPSA) is 79.6 Å². The van der Waals surface area contributed by atoms with Crippen LogP contribution in [0.25, 0.3) is 5.65 Å². The van der Waals surface area contributed by atoms with Crippen molar-refractivity contribution >= 4 is 5.65 Å². The molecular weight excluding hydrogens is 258 g/mol. The van der Waals surface area contributed by atoms with Crippen molar-refractivity contribution in [3.05, 3.63) is 58.5 Å². The molecule has 102 valence electrons. The van der Waals surface area contributed by atoms with Crippen molar-refractivity contribution in [1.29, 1.82) is 0 Å². The van der Waals surface area contributed by atoms with Gasteiger partial charge in [-0.1, -0.05) is 18.2 Å². The number of fused-ring (bicyclic) bond motifs is 1. The molecule has 2 heterocycles. The van der Waals surface area contributed by atoms with Crippen molar-refractivity contribution in [2.45, 2.75) is 6.42 Å². The van der Waals surface area contributed by atoms with E-state index in [9.17, 15) is 9.90 Å². The van der Waals surface area contributed by atoms with E-state index in [4.69, 9.17) is 4.74 Å². The van der Waals surface area contributed by atoms with E-state index >= 15 is 0 Å². The van der Waals surface area contributed by atoms with E-state index in [1.807, 2.05) is 30.3 Å². The van der Waals surface area contributed by atoms with Crippen molar-refractivity contribution in [1.82, 2.24) is 14.6 Å². The number of nitrogens with one attached hydrogen (secondary N) is 1. The number of para-hydroxylation sites is 1. The average molecular weight is 271 g/mol. The van der Waals surface area contributed by atoms with Crippen molar-refractivity contribution in [2.24, 2.45) is 0 Å². The van der Waals surface area contributed by atoms with Crippen LogP contribution in [0.3, 0.4) is 0 Å². The zero-order valence-corrected chi connectivity index (χ0v) is 10.6. The number of benzene rings is 1. The van der Waals surface area contributed by atoms with Crippen LogP contribution in [-0.4, -0.2) is 26.3 Å². The molecule has 0 spiro atoms. The van der Waals surface area contributed by atoms with E-state index in [2.05, 4.69) is 10.1 Å². The first-order chi connectivity index (χ1) is 9.75. The number of hydrogen-bond acceptors (Lipinski definition) is 4. The first-order valence-corrected chi connectivity index (χ1v) is 6.21. The van der Waals surface area contributed by atoms with Crippen LogP contribution in [0.2, 0.25) is 0 Å². The molecule has 0 atom stereocenters. The minimum atomic E-state index is -0.327. The molecule has 2 aromatic heterocycles. The summed E-state index contributed by atoms with van der Waals surface area (Å²) in [5.41, 5.74) is 0.393. The van der Waals surface area contributed by atoms with Gasteiger partial charge in [0.1, 0.15) is 11.4 Å². The minimum Gasteiger partial charge on any atom is -0.493 e. The third-order valence-electron chi connectivity index (χ3n) is 2.99. The molecule has 0 unspecified atom stereocenters. The molecule has 0 aliphatic carbocycles. The quantitative estimate of drug-likeness (QED) is 0.750. The van der Waals surface area contributed by atoms with E-state index in [0.29, 0.717) is 18.7 Å². The van der Waals surface area contributed by atoms with Gasteiger partial charge in [-0.25, -0.2) is 0 Å². The fourth-order valence-corrected chi connectivity index (χ4v) is 2.00. The third-order valence-corrected chi connectivity index (χ3v) is 2.99. The van der Waals surface area contributed by atoms with Gasteiger partial charge in [0.15, 0.2) is 0 Å². The molecule has 1 aromatic carbocycles. The predicted molar refractivity (Wildman–Crippen MR) is 73.1 cm³/mol. The van der Waals surface area contributed by atoms with Crippen LogP contribution in [0.4, 0.5) is 0 Å². The molecule has 0 fully saturated rings. The smallest absolute Gasteiger partial charge is 0.258 e. The Kier molecular flexibility index (Phi) is 3.12. The Labute approximate surface area is 114 Å². The molecule has 0 saturated carbocycles. The van der Waals surface area contributed by atoms with Gasteiger partial charge in [0.2, 0.25) is 5.88 Å². The van der Waals surface area contributed by atoms with Gasteiger partial charge in [0.25, 0.3) is 5.56 Å². The second-order valence-electron chi connectivity index (χ2n) is 4.30. The highest BCUT2D eigenvalue weighted by Crippen LogP contribution is 2.15. The van der Waals surface area contributed by atoms with E-state index in [1.165, 1.54) is 10.7 Å². The summed E-state index contributed by atoms with van der Waals surface area (Å²) in [6.07, 6.45) is 1.81. The van der Waals surface area contributed by atoms with Gasteiger partial charge in [-0.3, -0.25) is 4.79 Å². The van der Waals surface area contributed by atoms with Crippen LogP contribution in [0, 0.1) is 0 Å². The van der Waals surface area contributed by atoms with Crippen molar-refractivity contribution in [2.75, 3.05) is 6.61 Å². The SMILES string of the molecule is O=c1[nH]c2ccnn2c(O)c1CCOc1ccccc1. The molecule has 0 aliphatic rings. The Morgan fingerprint density at radius 2 is 2.05 bits per heavy atom. The molecule has 0 saturated heterocycles. The summed E-state index contributed by atoms with van der Waals surface area (Å²) in [6, 6.07) is 10.9. The molecule has 0 bridgehead atoms. The number of nitrogens with zero attached hydrogens (tertiary/aromatic N) is 2. The minimum absolute atomic E-state index is 0.148. The average Bonchev–Trinajstić information content (AvgIpc) is 2.92. The Morgan fingerprint density at radius 3 is 2.85 bits per heavy atom. The number of aromatic hydroxyl groups is 1. The van der Waals surface area contributed by atoms with Crippen LogP contribution in [0.1, 0.15) is 5.56 Å². The lowest BCUT2D eigenvalue weighted by molar-refractivity contribution is 0.317. The monoisotopic (exact) mass is 271 g/mol. The van der Waals surface area contributed by atoms with Crippen LogP contribution in [-0.2, 0) is 6.42 Å². The van der Waals surface area contributed by atoms with Gasteiger partial charge < -0.3 is 14.8 Å². The van der Waals surface area contributed by atoms with Crippen molar-refractivity contribution in [3.8, 4) is 11.6 Å². The Hall–Kier alpha value is -2.76.